The van der Waals surface area contributed by atoms with E-state index in [1.165, 1.54) is 7.11 Å². The van der Waals surface area contributed by atoms with E-state index in [4.69, 9.17) is 4.74 Å². The van der Waals surface area contributed by atoms with Crippen molar-refractivity contribution in [2.75, 3.05) is 7.11 Å². The first-order chi connectivity index (χ1) is 14.1. The van der Waals surface area contributed by atoms with E-state index in [1.54, 1.807) is 0 Å². The zero-order chi connectivity index (χ0) is 20.1. The predicted molar refractivity (Wildman–Crippen MR) is 112 cm³/mol. The number of allylic oxidation sites excluding steroid dienone is 2. The van der Waals surface area contributed by atoms with Crippen LogP contribution in [0.4, 0.5) is 0 Å². The Morgan fingerprint density at radius 2 is 1.62 bits per heavy atom. The fourth-order valence-corrected chi connectivity index (χ4v) is 4.43. The van der Waals surface area contributed by atoms with Crippen LogP contribution in [0.5, 0.6) is 0 Å². The summed E-state index contributed by atoms with van der Waals surface area (Å²) in [5, 5.41) is 5.48. The molecule has 0 spiro atoms. The summed E-state index contributed by atoms with van der Waals surface area (Å²) in [5.74, 6) is -0.957. The number of fused-ring (bicyclic) bond motifs is 3. The molecule has 1 aliphatic heterocycles. The highest BCUT2D eigenvalue weighted by atomic mass is 16.5. The van der Waals surface area contributed by atoms with Gasteiger partial charge < -0.3 is 10.1 Å². The van der Waals surface area contributed by atoms with Crippen LogP contribution in [0.15, 0.2) is 83.6 Å². The van der Waals surface area contributed by atoms with Crippen molar-refractivity contribution in [3.05, 3.63) is 100 Å². The average molecular weight is 381 g/mol. The first-order valence-electron chi connectivity index (χ1n) is 9.53. The van der Waals surface area contributed by atoms with Gasteiger partial charge in [-0.05, 0) is 23.3 Å². The number of methoxy groups -OCH3 is 1. The number of rotatable bonds is 2. The van der Waals surface area contributed by atoms with Gasteiger partial charge in [0.15, 0.2) is 5.78 Å². The van der Waals surface area contributed by atoms with Crippen LogP contribution in [0.25, 0.3) is 16.5 Å². The van der Waals surface area contributed by atoms with Gasteiger partial charge in [0, 0.05) is 28.3 Å². The maximum atomic E-state index is 13.4. The lowest BCUT2D eigenvalue weighted by atomic mass is 9.79. The number of dihydropyridines is 1. The smallest absolute Gasteiger partial charge is 0.336 e. The third kappa shape index (κ3) is 2.53. The summed E-state index contributed by atoms with van der Waals surface area (Å²) in [6.07, 6.45) is 0. The van der Waals surface area contributed by atoms with Crippen molar-refractivity contribution in [2.45, 2.75) is 12.8 Å². The van der Waals surface area contributed by atoms with Crippen LogP contribution in [0.1, 0.15) is 34.3 Å². The van der Waals surface area contributed by atoms with E-state index < -0.39 is 11.9 Å². The first kappa shape index (κ1) is 17.4. The van der Waals surface area contributed by atoms with Crippen molar-refractivity contribution >= 4 is 28.2 Å². The summed E-state index contributed by atoms with van der Waals surface area (Å²) in [6, 6.07) is 21.7. The van der Waals surface area contributed by atoms with Gasteiger partial charge >= 0.3 is 5.97 Å². The molecule has 3 aromatic rings. The molecule has 1 N–H and O–H groups in total. The third-order valence-corrected chi connectivity index (χ3v) is 5.76. The quantitative estimate of drug-likeness (QED) is 0.660. The lowest BCUT2D eigenvalue weighted by Crippen LogP contribution is -2.29. The lowest BCUT2D eigenvalue weighted by Gasteiger charge is -2.29. The molecule has 5 rings (SSSR count). The molecule has 4 nitrogen and oxygen atoms in total. The number of carbonyl (C=O) groups excluding carboxylic acids is 2. The minimum Gasteiger partial charge on any atom is -0.466 e. The van der Waals surface area contributed by atoms with Crippen LogP contribution in [0.3, 0.4) is 0 Å². The number of carbonyl (C=O) groups is 2. The second kappa shape index (κ2) is 6.45. The normalized spacial score (nSPS) is 17.9. The molecule has 0 saturated heterocycles. The Labute approximate surface area is 168 Å². The van der Waals surface area contributed by atoms with E-state index in [2.05, 4.69) is 11.4 Å². The van der Waals surface area contributed by atoms with E-state index in [0.717, 1.165) is 27.6 Å². The molecule has 0 aromatic heterocycles. The second-order valence-electron chi connectivity index (χ2n) is 7.36. The van der Waals surface area contributed by atoms with Gasteiger partial charge in [0.25, 0.3) is 0 Å². The van der Waals surface area contributed by atoms with E-state index in [9.17, 15) is 9.59 Å². The maximum absolute atomic E-state index is 13.4. The number of esters is 1. The molecule has 29 heavy (non-hydrogen) atoms. The van der Waals surface area contributed by atoms with Crippen molar-refractivity contribution in [1.82, 2.24) is 5.32 Å². The highest BCUT2D eigenvalue weighted by Crippen LogP contribution is 2.47. The minimum absolute atomic E-state index is 0.0461. The Balaban J connectivity index is 1.76. The largest absolute Gasteiger partial charge is 0.466 e. The monoisotopic (exact) mass is 381 g/mol. The Hall–Kier alpha value is -3.66. The van der Waals surface area contributed by atoms with Crippen molar-refractivity contribution in [2.24, 2.45) is 0 Å². The van der Waals surface area contributed by atoms with Crippen LogP contribution >= 0.6 is 0 Å². The number of benzene rings is 3. The zero-order valence-corrected chi connectivity index (χ0v) is 16.2. The molecule has 0 unspecified atom stereocenters. The number of hydrogen-bond acceptors (Lipinski definition) is 4. The number of ketones is 1. The summed E-state index contributed by atoms with van der Waals surface area (Å²) in [6.45, 7) is 1.86. The number of Topliss-reactive ketones (excluding diaryl/α,β-unsaturated/α-hetero) is 1. The minimum atomic E-state index is -0.483. The lowest BCUT2D eigenvalue weighted by molar-refractivity contribution is -0.136. The average Bonchev–Trinajstić information content (AvgIpc) is 3.04. The highest BCUT2D eigenvalue weighted by Gasteiger charge is 2.42. The van der Waals surface area contributed by atoms with Gasteiger partial charge in [-0.2, -0.15) is 0 Å². The fourth-order valence-electron chi connectivity index (χ4n) is 4.43. The Kier molecular flexibility index (Phi) is 3.88. The Morgan fingerprint density at radius 3 is 2.38 bits per heavy atom. The molecule has 4 heteroatoms. The zero-order valence-electron chi connectivity index (χ0n) is 16.2. The Bertz CT molecular complexity index is 1270. The van der Waals surface area contributed by atoms with Crippen molar-refractivity contribution in [1.29, 1.82) is 0 Å². The van der Waals surface area contributed by atoms with Crippen LogP contribution in [-0.2, 0) is 9.53 Å². The molecule has 0 bridgehead atoms. The summed E-state index contributed by atoms with van der Waals surface area (Å²) in [4.78, 5) is 26.1. The van der Waals surface area contributed by atoms with E-state index in [-0.39, 0.29) is 5.78 Å². The van der Waals surface area contributed by atoms with Crippen molar-refractivity contribution in [3.8, 4) is 0 Å². The number of nitrogens with one attached hydrogen (secondary N) is 1. The van der Waals surface area contributed by atoms with Crippen LogP contribution in [0, 0.1) is 0 Å². The molecule has 1 heterocycles. The molecule has 142 valence electrons. The molecule has 1 atom stereocenters. The summed E-state index contributed by atoms with van der Waals surface area (Å²) in [7, 11) is 1.37. The SMILES string of the molecule is COC(=O)C1=C(C)NC2=C(C(=O)c3ccccc32)[C@H]1c1ccc2ccccc2c1. The molecule has 1 aliphatic carbocycles. The molecule has 0 radical (unpaired) electrons. The topological polar surface area (TPSA) is 55.4 Å². The van der Waals surface area contributed by atoms with Gasteiger partial charge in [-0.25, -0.2) is 4.79 Å². The molecular weight excluding hydrogens is 362 g/mol. The van der Waals surface area contributed by atoms with E-state index in [0.29, 0.717) is 22.4 Å². The molecule has 3 aromatic carbocycles. The van der Waals surface area contributed by atoms with Crippen LogP contribution in [-0.4, -0.2) is 18.9 Å². The van der Waals surface area contributed by atoms with Gasteiger partial charge in [0.05, 0.1) is 18.4 Å². The third-order valence-electron chi connectivity index (χ3n) is 5.76. The maximum Gasteiger partial charge on any atom is 0.336 e. The van der Waals surface area contributed by atoms with Gasteiger partial charge in [0.2, 0.25) is 0 Å². The van der Waals surface area contributed by atoms with E-state index >= 15 is 0 Å². The van der Waals surface area contributed by atoms with Crippen molar-refractivity contribution in [3.63, 3.8) is 0 Å². The first-order valence-corrected chi connectivity index (χ1v) is 9.53. The van der Waals surface area contributed by atoms with Crippen LogP contribution < -0.4 is 5.32 Å². The van der Waals surface area contributed by atoms with E-state index in [1.807, 2.05) is 67.6 Å². The highest BCUT2D eigenvalue weighted by molar-refractivity contribution is 6.23. The number of hydrogen-bond donors (Lipinski definition) is 1. The Morgan fingerprint density at radius 1 is 0.931 bits per heavy atom. The summed E-state index contributed by atoms with van der Waals surface area (Å²) < 4.78 is 5.09. The molecule has 0 saturated carbocycles. The van der Waals surface area contributed by atoms with Gasteiger partial charge in [-0.15, -0.1) is 0 Å². The standard InChI is InChI=1S/C25H19NO3/c1-14-20(25(28)29-2)21(17-12-11-15-7-3-4-8-16(15)13-17)22-23(26-14)18-9-5-6-10-19(18)24(22)27/h3-13,21,26H,1-2H3/t21-/m0/s1. The fraction of sp³-hybridized carbons (Fsp3) is 0.120. The van der Waals surface area contributed by atoms with Gasteiger partial charge in [-0.1, -0.05) is 66.7 Å². The molecule has 2 aliphatic rings. The van der Waals surface area contributed by atoms with Gasteiger partial charge in [-0.3, -0.25) is 4.79 Å². The van der Waals surface area contributed by atoms with Crippen LogP contribution in [0.2, 0.25) is 0 Å². The summed E-state index contributed by atoms with van der Waals surface area (Å²) >= 11 is 0. The van der Waals surface area contributed by atoms with Crippen molar-refractivity contribution < 1.29 is 14.3 Å². The number of ether oxygens (including phenoxy) is 1. The predicted octanol–water partition coefficient (Wildman–Crippen LogP) is 4.58. The molecular formula is C25H19NO3. The molecule has 0 amide bonds. The second-order valence-corrected chi connectivity index (χ2v) is 7.36. The molecule has 0 fully saturated rings. The summed E-state index contributed by atoms with van der Waals surface area (Å²) in [5.41, 5.74) is 5.01. The van der Waals surface area contributed by atoms with Gasteiger partial charge in [0.1, 0.15) is 0 Å².